The Balaban J connectivity index is 1.79. The molecular formula is C21H20ClN5OS. The lowest BCUT2D eigenvalue weighted by Crippen LogP contribution is -2.31. The minimum Gasteiger partial charge on any atom is -0.276 e. The van der Waals surface area contributed by atoms with E-state index in [1.807, 2.05) is 61.9 Å². The third kappa shape index (κ3) is 3.75. The lowest BCUT2D eigenvalue weighted by atomic mass is 10.2. The Kier molecular flexibility index (Phi) is 5.34. The summed E-state index contributed by atoms with van der Waals surface area (Å²) in [5.74, 6) is -0.200. The number of pyridine rings is 1. The zero-order chi connectivity index (χ0) is 20.5. The fourth-order valence-electron chi connectivity index (χ4n) is 3.16. The highest BCUT2D eigenvalue weighted by atomic mass is 35.5. The van der Waals surface area contributed by atoms with E-state index >= 15 is 0 Å². The van der Waals surface area contributed by atoms with Crippen molar-refractivity contribution in [3.8, 4) is 0 Å². The van der Waals surface area contributed by atoms with Gasteiger partial charge in [-0.3, -0.25) is 19.4 Å². The van der Waals surface area contributed by atoms with Crippen LogP contribution in [0.2, 0.25) is 5.02 Å². The van der Waals surface area contributed by atoms with Crippen LogP contribution in [0.4, 0.5) is 5.13 Å². The number of anilines is 1. The lowest BCUT2D eigenvalue weighted by molar-refractivity contribution is 0.0979. The van der Waals surface area contributed by atoms with E-state index in [1.54, 1.807) is 11.1 Å². The summed E-state index contributed by atoms with van der Waals surface area (Å²) in [4.78, 5) is 24.2. The Morgan fingerprint density at radius 2 is 2.07 bits per heavy atom. The normalized spacial score (nSPS) is 11.2. The molecule has 0 saturated heterocycles. The van der Waals surface area contributed by atoms with Gasteiger partial charge in [0.1, 0.15) is 0 Å². The summed E-state index contributed by atoms with van der Waals surface area (Å²) in [7, 11) is 0. The third-order valence-electron chi connectivity index (χ3n) is 4.76. The number of hydrogen-bond acceptors (Lipinski definition) is 5. The zero-order valence-corrected chi connectivity index (χ0v) is 18.0. The van der Waals surface area contributed by atoms with Gasteiger partial charge in [-0.05, 0) is 56.7 Å². The van der Waals surface area contributed by atoms with E-state index in [2.05, 4.69) is 10.1 Å². The van der Waals surface area contributed by atoms with Crippen molar-refractivity contribution in [2.75, 3.05) is 4.90 Å². The van der Waals surface area contributed by atoms with E-state index in [0.29, 0.717) is 28.9 Å². The summed E-state index contributed by atoms with van der Waals surface area (Å²) in [5.41, 5.74) is 3.84. The van der Waals surface area contributed by atoms with Crippen LogP contribution in [-0.4, -0.2) is 25.7 Å². The summed E-state index contributed by atoms with van der Waals surface area (Å²) in [6.07, 6.45) is 1.72. The van der Waals surface area contributed by atoms with E-state index in [1.165, 1.54) is 11.3 Å². The van der Waals surface area contributed by atoms with Crippen LogP contribution in [0.25, 0.3) is 10.2 Å². The minimum atomic E-state index is -0.200. The highest BCUT2D eigenvalue weighted by Crippen LogP contribution is 2.34. The maximum atomic E-state index is 13.4. The van der Waals surface area contributed by atoms with E-state index in [0.717, 1.165) is 27.2 Å². The van der Waals surface area contributed by atoms with Gasteiger partial charge in [-0.1, -0.05) is 29.0 Å². The molecule has 0 bridgehead atoms. The van der Waals surface area contributed by atoms with Crippen molar-refractivity contribution in [1.29, 1.82) is 0 Å². The summed E-state index contributed by atoms with van der Waals surface area (Å²) >= 11 is 7.72. The minimum absolute atomic E-state index is 0.200. The molecule has 0 spiro atoms. The quantitative estimate of drug-likeness (QED) is 0.450. The second kappa shape index (κ2) is 7.93. The molecule has 1 amide bonds. The number of nitrogens with zero attached hydrogens (tertiary/aromatic N) is 5. The van der Waals surface area contributed by atoms with Gasteiger partial charge in [0.25, 0.3) is 5.91 Å². The molecule has 148 valence electrons. The molecule has 0 saturated carbocycles. The van der Waals surface area contributed by atoms with Crippen molar-refractivity contribution in [2.45, 2.75) is 33.9 Å². The van der Waals surface area contributed by atoms with Gasteiger partial charge in [-0.2, -0.15) is 5.10 Å². The van der Waals surface area contributed by atoms with Gasteiger partial charge in [0, 0.05) is 23.5 Å². The zero-order valence-electron chi connectivity index (χ0n) is 16.4. The van der Waals surface area contributed by atoms with Crippen molar-refractivity contribution in [3.05, 3.63) is 70.3 Å². The molecule has 0 aliphatic heterocycles. The molecular weight excluding hydrogens is 406 g/mol. The predicted octanol–water partition coefficient (Wildman–Crippen LogP) is 5.02. The fourth-order valence-corrected chi connectivity index (χ4v) is 4.33. The Morgan fingerprint density at radius 3 is 2.76 bits per heavy atom. The molecule has 0 radical (unpaired) electrons. The Hall–Kier alpha value is -2.77. The van der Waals surface area contributed by atoms with Crippen molar-refractivity contribution < 1.29 is 4.79 Å². The largest absolute Gasteiger partial charge is 0.280 e. The number of hydrogen-bond donors (Lipinski definition) is 0. The first kappa shape index (κ1) is 19.5. The Morgan fingerprint density at radius 1 is 1.24 bits per heavy atom. The number of aryl methyl sites for hydroxylation is 3. The molecule has 3 heterocycles. The third-order valence-corrected chi connectivity index (χ3v) is 6.21. The van der Waals surface area contributed by atoms with Crippen LogP contribution in [0.3, 0.4) is 0 Å². The lowest BCUT2D eigenvalue weighted by Gasteiger charge is -2.18. The van der Waals surface area contributed by atoms with Gasteiger partial charge >= 0.3 is 0 Å². The summed E-state index contributed by atoms with van der Waals surface area (Å²) in [6.45, 7) is 6.90. The van der Waals surface area contributed by atoms with Crippen LogP contribution in [0.5, 0.6) is 0 Å². The topological polar surface area (TPSA) is 63.9 Å². The first-order valence-electron chi connectivity index (χ1n) is 9.29. The molecule has 3 aromatic heterocycles. The van der Waals surface area contributed by atoms with Crippen molar-refractivity contribution >= 4 is 44.2 Å². The van der Waals surface area contributed by atoms with E-state index in [-0.39, 0.29) is 5.91 Å². The molecule has 0 fully saturated rings. The van der Waals surface area contributed by atoms with Crippen molar-refractivity contribution in [1.82, 2.24) is 19.7 Å². The molecule has 0 atom stereocenters. The second-order valence-electron chi connectivity index (χ2n) is 6.71. The highest BCUT2D eigenvalue weighted by molar-refractivity contribution is 7.22. The van der Waals surface area contributed by atoms with Crippen LogP contribution >= 0.6 is 22.9 Å². The highest BCUT2D eigenvalue weighted by Gasteiger charge is 2.25. The Bertz CT molecular complexity index is 1180. The molecule has 0 N–H and O–H groups in total. The van der Waals surface area contributed by atoms with E-state index < -0.39 is 0 Å². The SMILES string of the molecule is CCn1nc(C(=O)N(Cc2ccccn2)c2nc3c(C)c(Cl)ccc3s2)cc1C. The van der Waals surface area contributed by atoms with Crippen LogP contribution in [0, 0.1) is 13.8 Å². The number of carbonyl (C=O) groups excluding carboxylic acids is 1. The molecule has 8 heteroatoms. The van der Waals surface area contributed by atoms with Crippen molar-refractivity contribution in [2.24, 2.45) is 0 Å². The number of carbonyl (C=O) groups is 1. The van der Waals surface area contributed by atoms with E-state index in [9.17, 15) is 4.79 Å². The predicted molar refractivity (Wildman–Crippen MR) is 117 cm³/mol. The number of fused-ring (bicyclic) bond motifs is 1. The van der Waals surface area contributed by atoms with Gasteiger partial charge in [0.15, 0.2) is 10.8 Å². The maximum absolute atomic E-state index is 13.4. The number of halogens is 1. The number of aromatic nitrogens is 4. The number of rotatable bonds is 5. The summed E-state index contributed by atoms with van der Waals surface area (Å²) in [6, 6.07) is 11.3. The van der Waals surface area contributed by atoms with Gasteiger partial charge in [0.2, 0.25) is 0 Å². The van der Waals surface area contributed by atoms with Crippen LogP contribution < -0.4 is 4.90 Å². The fraction of sp³-hybridized carbons (Fsp3) is 0.238. The standard InChI is InChI=1S/C21H20ClN5OS/c1-4-27-13(2)11-17(25-27)20(28)26(12-15-7-5-6-10-23-15)21-24-19-14(3)16(22)8-9-18(19)29-21/h5-11H,4,12H2,1-3H3. The number of benzene rings is 1. The van der Waals surface area contributed by atoms with Gasteiger partial charge < -0.3 is 0 Å². The van der Waals surface area contributed by atoms with Gasteiger partial charge in [0.05, 0.1) is 22.5 Å². The molecule has 1 aromatic carbocycles. The first-order chi connectivity index (χ1) is 14.0. The molecule has 0 unspecified atom stereocenters. The number of amides is 1. The Labute approximate surface area is 177 Å². The smallest absolute Gasteiger partial charge is 0.276 e. The summed E-state index contributed by atoms with van der Waals surface area (Å²) < 4.78 is 2.80. The molecule has 4 rings (SSSR count). The molecule has 29 heavy (non-hydrogen) atoms. The monoisotopic (exact) mass is 425 g/mol. The van der Waals surface area contributed by atoms with Crippen LogP contribution in [-0.2, 0) is 13.1 Å². The first-order valence-corrected chi connectivity index (χ1v) is 10.5. The van der Waals surface area contributed by atoms with Crippen LogP contribution in [0.15, 0.2) is 42.6 Å². The van der Waals surface area contributed by atoms with Gasteiger partial charge in [-0.15, -0.1) is 0 Å². The van der Waals surface area contributed by atoms with Gasteiger partial charge in [-0.25, -0.2) is 4.98 Å². The molecule has 4 aromatic rings. The average Bonchev–Trinajstić information content (AvgIpc) is 3.33. The molecule has 0 aliphatic carbocycles. The molecule has 0 aliphatic rings. The average molecular weight is 426 g/mol. The number of thiazole rings is 1. The second-order valence-corrected chi connectivity index (χ2v) is 8.13. The summed E-state index contributed by atoms with van der Waals surface area (Å²) in [5, 5.41) is 5.73. The molecule has 6 nitrogen and oxygen atoms in total. The van der Waals surface area contributed by atoms with Crippen LogP contribution in [0.1, 0.15) is 34.4 Å². The van der Waals surface area contributed by atoms with E-state index in [4.69, 9.17) is 16.6 Å². The van der Waals surface area contributed by atoms with Crippen molar-refractivity contribution in [3.63, 3.8) is 0 Å². The maximum Gasteiger partial charge on any atom is 0.280 e.